The molecule has 1 N–H and O–H groups in total. The molecule has 18 atom stereocenters. The summed E-state index contributed by atoms with van der Waals surface area (Å²) in [5.74, 6) is -21.2. The molecule has 0 radical (unpaired) electrons. The Morgan fingerprint density at radius 2 is 0.952 bits per heavy atom. The maximum absolute atomic E-state index is 16.5. The van der Waals surface area contributed by atoms with Crippen LogP contribution in [0.2, 0.25) is 0 Å². The van der Waals surface area contributed by atoms with Crippen molar-refractivity contribution in [3.05, 3.63) is 0 Å². The Labute approximate surface area is 769 Å². The van der Waals surface area contributed by atoms with Crippen molar-refractivity contribution in [2.24, 2.45) is 75.4 Å². The monoisotopic (exact) mass is 1780 g/mol. The molecule has 0 rings (SSSR count). The lowest BCUT2D eigenvalue weighted by Crippen LogP contribution is -2.91. The van der Waals surface area contributed by atoms with Crippen LogP contribution in [0.1, 0.15) is 460 Å². The lowest BCUT2D eigenvalue weighted by Gasteiger charge is -2.67. The first-order chi connectivity index (χ1) is 57.0. The number of aliphatic hydroxyl groups is 1. The summed E-state index contributed by atoms with van der Waals surface area (Å²) in [5, 5.41) is 16.5. The van der Waals surface area contributed by atoms with Crippen molar-refractivity contribution in [3.63, 3.8) is 0 Å². The average Bonchev–Trinajstić information content (AvgIpc) is 0.658. The van der Waals surface area contributed by atoms with Crippen LogP contribution in [0.4, 0.5) is 0 Å². The van der Waals surface area contributed by atoms with E-state index >= 15 is 5.11 Å². The van der Waals surface area contributed by atoms with E-state index in [-0.39, 0.29) is 99.5 Å². The van der Waals surface area contributed by atoms with E-state index in [0.29, 0.717) is 103 Å². The van der Waals surface area contributed by atoms with Crippen molar-refractivity contribution in [1.29, 1.82) is 0 Å². The molecule has 0 aromatic heterocycles. The molecule has 0 aliphatic carbocycles. The standard InChI is InChI=1S/C106H214O18/c1-47-59-64-85(27)115-100(117-87(29)79(19)20,111-72-82(24)61-48-2)92(108-69-65-81(23)51-5)98(44,45)123-106(119-89(31)94(35,36)37,124-99(46,57-11)58-12)104(113-74-90(53-7)54-8,122-97(42,43)80(21)22)102(109-70-67-93(32,33)34,120-91(55-9)62-49-3)101(112-73-84(26)78(17)18,114-75-95(38,39)56-10)103(116-86(28)71-77(15)16,118-88(30)83(25)52-6)105(107,110-68-60-63-76(13)14)121-96(40,41)66-50-4/h76-92,107H,47-75H2,1-46H3/t81?,82?,83?,84?,85?,86?,87?,88?,89?,91?,92?,100?,101-,102-,103+,104+,105?,106+/m0/s1. The van der Waals surface area contributed by atoms with Gasteiger partial charge in [0.15, 0.2) is 6.10 Å². The molecular formula is C106H214O18. The van der Waals surface area contributed by atoms with E-state index in [1.165, 1.54) is 0 Å². The zero-order valence-corrected chi connectivity index (χ0v) is 90.7. The summed E-state index contributed by atoms with van der Waals surface area (Å²) in [6.45, 7) is 99.0. The van der Waals surface area contributed by atoms with Gasteiger partial charge in [0.25, 0.3) is 11.6 Å². The predicted molar refractivity (Wildman–Crippen MR) is 516 cm³/mol. The van der Waals surface area contributed by atoms with Crippen LogP contribution in [0.3, 0.4) is 0 Å². The van der Waals surface area contributed by atoms with Gasteiger partial charge in [-0.2, -0.15) is 0 Å². The highest BCUT2D eigenvalue weighted by Gasteiger charge is 2.92. The Balaban J connectivity index is 14.6. The highest BCUT2D eigenvalue weighted by Crippen LogP contribution is 2.65. The fourth-order valence-electron chi connectivity index (χ4n) is 14.9. The quantitative estimate of drug-likeness (QED) is 0.0449. The van der Waals surface area contributed by atoms with Crippen molar-refractivity contribution in [3.8, 4) is 0 Å². The summed E-state index contributed by atoms with van der Waals surface area (Å²) in [6.07, 6.45) is 7.80. The first-order valence-corrected chi connectivity index (χ1v) is 51.1. The normalized spacial score (nSPS) is 19.8. The van der Waals surface area contributed by atoms with Gasteiger partial charge in [0.05, 0.1) is 93.1 Å². The molecule has 0 amide bonds. The smallest absolute Gasteiger partial charge is 0.348 e. The first-order valence-electron chi connectivity index (χ1n) is 51.1. The summed E-state index contributed by atoms with van der Waals surface area (Å²) >= 11 is 0. The molecule has 0 fully saturated rings. The molecular weight excluding hydrogens is 1560 g/mol. The Hall–Kier alpha value is -0.720. The summed E-state index contributed by atoms with van der Waals surface area (Å²) in [4.78, 5) is 0. The van der Waals surface area contributed by atoms with E-state index in [1.807, 2.05) is 41.5 Å². The molecule has 13 unspecified atom stereocenters. The van der Waals surface area contributed by atoms with Crippen LogP contribution in [0, 0.1) is 75.4 Å². The van der Waals surface area contributed by atoms with Crippen molar-refractivity contribution < 1.29 is 85.6 Å². The third-order valence-corrected chi connectivity index (χ3v) is 27.3. The highest BCUT2D eigenvalue weighted by atomic mass is 17.0. The van der Waals surface area contributed by atoms with Gasteiger partial charge in [-0.3, -0.25) is 0 Å². The topological polar surface area (TPSA) is 177 Å². The Bertz CT molecular complexity index is 2730. The predicted octanol–water partition coefficient (Wildman–Crippen LogP) is 29.2. The van der Waals surface area contributed by atoms with Crippen LogP contribution in [-0.2, 0) is 80.5 Å². The molecule has 0 bridgehead atoms. The van der Waals surface area contributed by atoms with Crippen LogP contribution in [0.15, 0.2) is 0 Å². The van der Waals surface area contributed by atoms with E-state index in [9.17, 15) is 14.2 Å². The Morgan fingerprint density at radius 3 is 1.42 bits per heavy atom. The summed E-state index contributed by atoms with van der Waals surface area (Å²) in [6, 6.07) is 0. The average molecular weight is 1780 g/mol. The maximum Gasteiger partial charge on any atom is 0.348 e. The molecule has 0 heterocycles. The van der Waals surface area contributed by atoms with E-state index in [4.69, 9.17) is 66.3 Å². The van der Waals surface area contributed by atoms with Crippen LogP contribution in [0.25, 0.3) is 0 Å². The molecule has 0 aromatic rings. The summed E-state index contributed by atoms with van der Waals surface area (Å²) in [5.41, 5.74) is -7.86. The molecule has 0 spiro atoms. The van der Waals surface area contributed by atoms with Gasteiger partial charge in [0, 0.05) is 6.61 Å². The van der Waals surface area contributed by atoms with Gasteiger partial charge in [-0.25, -0.2) is 0 Å². The molecule has 124 heavy (non-hydrogen) atoms. The second kappa shape index (κ2) is 55.3. The van der Waals surface area contributed by atoms with E-state index in [0.717, 1.165) is 38.5 Å². The maximum atomic E-state index is 16.5. The van der Waals surface area contributed by atoms with Gasteiger partial charge in [0.2, 0.25) is 0 Å². The number of unbranched alkanes of at least 4 members (excludes halogenated alkanes) is 1. The molecule has 746 valence electrons. The van der Waals surface area contributed by atoms with Crippen LogP contribution < -0.4 is 0 Å². The molecule has 18 heteroatoms. The van der Waals surface area contributed by atoms with Crippen LogP contribution in [-0.4, -0.2) is 158 Å². The largest absolute Gasteiger partial charge is 0.367 e. The van der Waals surface area contributed by atoms with E-state index < -0.39 is 128 Å². The van der Waals surface area contributed by atoms with Gasteiger partial charge < -0.3 is 85.6 Å². The Kier molecular flexibility index (Phi) is 55.0. The lowest BCUT2D eigenvalue weighted by atomic mass is 9.80. The van der Waals surface area contributed by atoms with Crippen molar-refractivity contribution in [1.82, 2.24) is 0 Å². The molecule has 18 nitrogen and oxygen atoms in total. The second-order valence-corrected chi connectivity index (χ2v) is 45.2. The fourth-order valence-corrected chi connectivity index (χ4v) is 14.9. The molecule has 0 aliphatic heterocycles. The van der Waals surface area contributed by atoms with Crippen molar-refractivity contribution in [2.75, 3.05) is 46.2 Å². The van der Waals surface area contributed by atoms with Crippen LogP contribution >= 0.6 is 0 Å². The van der Waals surface area contributed by atoms with Gasteiger partial charge in [0.1, 0.15) is 5.60 Å². The van der Waals surface area contributed by atoms with E-state index in [2.05, 4.69) is 277 Å². The summed E-state index contributed by atoms with van der Waals surface area (Å²) < 4.78 is 147. The van der Waals surface area contributed by atoms with Crippen molar-refractivity contribution in [2.45, 2.75) is 566 Å². The van der Waals surface area contributed by atoms with Crippen LogP contribution in [0.5, 0.6) is 0 Å². The van der Waals surface area contributed by atoms with Gasteiger partial charge in [-0.05, 0) is 242 Å². The number of hydrogen-bond donors (Lipinski definition) is 1. The zero-order chi connectivity index (χ0) is 96.3. The third kappa shape index (κ3) is 36.8. The number of ether oxygens (including phenoxy) is 17. The molecule has 0 saturated carbocycles. The zero-order valence-electron chi connectivity index (χ0n) is 90.7. The SMILES string of the molecule is CCCCC(C)OC(OCC(C)CCC)(OC(C)C(C)C)C(OCCC(C)CC)C(C)(C)O[C@@](OC(C)C(C)(C)C)(OC(C)(CC)CC)[C@](OCC(CC)CC)(OC(C)(C)C(C)C)[C@@](OCCC(C)(C)C)(OC(CC)CCC)[C@](OCC(C)C(C)C)(OCC(C)(C)CC)[C@@](OC(C)CC(C)C)(OC(C)C(C)CC)C(O)(OCCCC(C)C)OC(C)(C)CCC. The molecule has 0 aliphatic rings. The summed E-state index contributed by atoms with van der Waals surface area (Å²) in [7, 11) is 0. The van der Waals surface area contributed by atoms with E-state index in [1.54, 1.807) is 0 Å². The number of rotatable bonds is 74. The lowest BCUT2D eigenvalue weighted by molar-refractivity contribution is -0.652. The Morgan fingerprint density at radius 1 is 0.363 bits per heavy atom. The molecule has 0 saturated heterocycles. The highest BCUT2D eigenvalue weighted by molar-refractivity contribution is 5.19. The minimum atomic E-state index is -3.14. The minimum Gasteiger partial charge on any atom is -0.367 e. The second-order valence-electron chi connectivity index (χ2n) is 45.2. The van der Waals surface area contributed by atoms with Crippen molar-refractivity contribution >= 4 is 0 Å². The fraction of sp³-hybridized carbons (Fsp3) is 1.00. The molecule has 0 aromatic carbocycles. The number of hydrogen-bond acceptors (Lipinski definition) is 18. The minimum absolute atomic E-state index is 0.00809. The van der Waals surface area contributed by atoms with Gasteiger partial charge in [-0.15, -0.1) is 0 Å². The third-order valence-electron chi connectivity index (χ3n) is 27.3. The van der Waals surface area contributed by atoms with Gasteiger partial charge in [-0.1, -0.05) is 293 Å². The first kappa shape index (κ1) is 123. The van der Waals surface area contributed by atoms with Gasteiger partial charge >= 0.3 is 29.5 Å².